The zero-order chi connectivity index (χ0) is 22.3. The molecule has 1 unspecified atom stereocenters. The van der Waals surface area contributed by atoms with Crippen LogP contribution in [0.15, 0.2) is 72.8 Å². The van der Waals surface area contributed by atoms with Crippen molar-refractivity contribution in [3.05, 3.63) is 95.2 Å². The Morgan fingerprint density at radius 1 is 1.03 bits per heavy atom. The molecule has 4 rings (SSSR count). The number of methoxy groups -OCH3 is 1. The Balaban J connectivity index is 1.59. The van der Waals surface area contributed by atoms with Crippen LogP contribution < -0.4 is 5.32 Å². The van der Waals surface area contributed by atoms with Crippen LogP contribution in [-0.2, 0) is 16.0 Å². The van der Waals surface area contributed by atoms with Crippen molar-refractivity contribution < 1.29 is 9.53 Å². The largest absolute Gasteiger partial charge is 0.381 e. The standard InChI is InChI=1S/C27H31N3O2/c1-20-13-14-24(28-25(31)19-21-9-5-3-6-10-21)29-26(20)27(22-11-7-4-8-12-22)30-17-15-23(32-2)16-18-30/h3-14,23,27H,15-19H2,1-2H3,(H,28,29,31). The zero-order valence-corrected chi connectivity index (χ0v) is 18.8. The Labute approximate surface area is 190 Å². The second-order valence-corrected chi connectivity index (χ2v) is 8.39. The lowest BCUT2D eigenvalue weighted by molar-refractivity contribution is -0.115. The number of hydrogen-bond donors (Lipinski definition) is 1. The van der Waals surface area contributed by atoms with Gasteiger partial charge in [0.05, 0.1) is 24.3 Å². The molecule has 0 aliphatic carbocycles. The quantitative estimate of drug-likeness (QED) is 0.588. The van der Waals surface area contributed by atoms with E-state index in [1.807, 2.05) is 42.5 Å². The number of pyridine rings is 1. The SMILES string of the molecule is COC1CCN(C(c2ccccc2)c2nc(NC(=O)Cc3ccccc3)ccc2C)CC1. The Kier molecular flexibility index (Phi) is 7.30. The number of ether oxygens (including phenoxy) is 1. The summed E-state index contributed by atoms with van der Waals surface area (Å²) in [7, 11) is 1.79. The summed E-state index contributed by atoms with van der Waals surface area (Å²) in [6.45, 7) is 3.99. The molecule has 0 bridgehead atoms. The normalized spacial score (nSPS) is 15.9. The van der Waals surface area contributed by atoms with E-state index in [4.69, 9.17) is 9.72 Å². The van der Waals surface area contributed by atoms with Crippen LogP contribution in [0.25, 0.3) is 0 Å². The number of nitrogens with zero attached hydrogens (tertiary/aromatic N) is 2. The molecule has 1 amide bonds. The third-order valence-electron chi connectivity index (χ3n) is 6.16. The van der Waals surface area contributed by atoms with Crippen molar-refractivity contribution in [2.75, 3.05) is 25.5 Å². The molecule has 1 fully saturated rings. The lowest BCUT2D eigenvalue weighted by Crippen LogP contribution is -2.40. The number of carbonyl (C=O) groups excluding carboxylic acids is 1. The smallest absolute Gasteiger partial charge is 0.229 e. The summed E-state index contributed by atoms with van der Waals surface area (Å²) in [5.41, 5.74) is 4.31. The molecular weight excluding hydrogens is 398 g/mol. The molecule has 1 aliphatic rings. The van der Waals surface area contributed by atoms with Crippen LogP contribution in [0, 0.1) is 6.92 Å². The fraction of sp³-hybridized carbons (Fsp3) is 0.333. The second-order valence-electron chi connectivity index (χ2n) is 8.39. The van der Waals surface area contributed by atoms with Gasteiger partial charge in [-0.3, -0.25) is 9.69 Å². The molecule has 1 saturated heterocycles. The van der Waals surface area contributed by atoms with Gasteiger partial charge in [-0.05, 0) is 42.5 Å². The highest BCUT2D eigenvalue weighted by atomic mass is 16.5. The van der Waals surface area contributed by atoms with E-state index in [2.05, 4.69) is 47.5 Å². The number of rotatable bonds is 7. The lowest BCUT2D eigenvalue weighted by Gasteiger charge is -2.37. The van der Waals surface area contributed by atoms with Crippen molar-refractivity contribution in [1.29, 1.82) is 0 Å². The molecule has 1 aliphatic heterocycles. The highest BCUT2D eigenvalue weighted by Gasteiger charge is 2.29. The third kappa shape index (κ3) is 5.42. The summed E-state index contributed by atoms with van der Waals surface area (Å²) in [5.74, 6) is 0.537. The Bertz CT molecular complexity index is 1020. The molecule has 1 aromatic heterocycles. The van der Waals surface area contributed by atoms with Gasteiger partial charge in [-0.2, -0.15) is 0 Å². The highest BCUT2D eigenvalue weighted by Crippen LogP contribution is 2.33. The van der Waals surface area contributed by atoms with Gasteiger partial charge in [-0.15, -0.1) is 0 Å². The third-order valence-corrected chi connectivity index (χ3v) is 6.16. The Morgan fingerprint density at radius 3 is 2.34 bits per heavy atom. The van der Waals surface area contributed by atoms with Gasteiger partial charge >= 0.3 is 0 Å². The summed E-state index contributed by atoms with van der Waals surface area (Å²) in [4.78, 5) is 20.0. The van der Waals surface area contributed by atoms with Gasteiger partial charge in [0.15, 0.2) is 0 Å². The van der Waals surface area contributed by atoms with Crippen molar-refractivity contribution in [3.8, 4) is 0 Å². The van der Waals surface area contributed by atoms with Gasteiger partial charge in [-0.1, -0.05) is 66.7 Å². The predicted octanol–water partition coefficient (Wildman–Crippen LogP) is 4.77. The second kappa shape index (κ2) is 10.5. The maximum atomic E-state index is 12.6. The number of nitrogens with one attached hydrogen (secondary N) is 1. The predicted molar refractivity (Wildman–Crippen MR) is 128 cm³/mol. The number of carbonyl (C=O) groups is 1. The maximum absolute atomic E-state index is 12.6. The van der Waals surface area contributed by atoms with Gasteiger partial charge in [-0.25, -0.2) is 4.98 Å². The number of piperidine rings is 1. The zero-order valence-electron chi connectivity index (χ0n) is 18.8. The number of benzene rings is 2. The van der Waals surface area contributed by atoms with E-state index in [1.54, 1.807) is 7.11 Å². The average molecular weight is 430 g/mol. The molecule has 32 heavy (non-hydrogen) atoms. The number of anilines is 1. The van der Waals surface area contributed by atoms with Gasteiger partial charge < -0.3 is 10.1 Å². The number of hydrogen-bond acceptors (Lipinski definition) is 4. The van der Waals surface area contributed by atoms with Crippen molar-refractivity contribution in [1.82, 2.24) is 9.88 Å². The molecule has 3 aromatic rings. The summed E-state index contributed by atoms with van der Waals surface area (Å²) < 4.78 is 5.58. The topological polar surface area (TPSA) is 54.5 Å². The van der Waals surface area contributed by atoms with Crippen molar-refractivity contribution in [2.45, 2.75) is 38.3 Å². The van der Waals surface area contributed by atoms with E-state index < -0.39 is 0 Å². The van der Waals surface area contributed by atoms with Crippen LogP contribution in [-0.4, -0.2) is 42.1 Å². The summed E-state index contributed by atoms with van der Waals surface area (Å²) in [6.07, 6.45) is 2.66. The summed E-state index contributed by atoms with van der Waals surface area (Å²) >= 11 is 0. The molecule has 2 aromatic carbocycles. The van der Waals surface area contributed by atoms with E-state index in [-0.39, 0.29) is 11.9 Å². The lowest BCUT2D eigenvalue weighted by atomic mass is 9.95. The molecule has 2 heterocycles. The summed E-state index contributed by atoms with van der Waals surface area (Å²) in [5, 5.41) is 2.99. The molecule has 5 heteroatoms. The van der Waals surface area contributed by atoms with Crippen molar-refractivity contribution >= 4 is 11.7 Å². The molecular formula is C27H31N3O2. The van der Waals surface area contributed by atoms with Crippen LogP contribution in [0.3, 0.4) is 0 Å². The molecule has 1 atom stereocenters. The van der Waals surface area contributed by atoms with Gasteiger partial charge in [0.25, 0.3) is 0 Å². The first-order chi connectivity index (χ1) is 15.6. The van der Waals surface area contributed by atoms with Gasteiger partial charge in [0.1, 0.15) is 5.82 Å². The number of aromatic nitrogens is 1. The van der Waals surface area contributed by atoms with Gasteiger partial charge in [0.2, 0.25) is 5.91 Å². The van der Waals surface area contributed by atoms with E-state index in [9.17, 15) is 4.79 Å². The van der Waals surface area contributed by atoms with Gasteiger partial charge in [0, 0.05) is 20.2 Å². The van der Waals surface area contributed by atoms with Crippen molar-refractivity contribution in [3.63, 3.8) is 0 Å². The minimum Gasteiger partial charge on any atom is -0.381 e. The maximum Gasteiger partial charge on any atom is 0.229 e. The fourth-order valence-corrected chi connectivity index (χ4v) is 4.41. The molecule has 0 spiro atoms. The molecule has 1 N–H and O–H groups in total. The van der Waals surface area contributed by atoms with Crippen LogP contribution >= 0.6 is 0 Å². The summed E-state index contributed by atoms with van der Waals surface area (Å²) in [6, 6.07) is 24.3. The highest BCUT2D eigenvalue weighted by molar-refractivity contribution is 5.91. The first-order valence-electron chi connectivity index (χ1n) is 11.3. The molecule has 166 valence electrons. The fourth-order valence-electron chi connectivity index (χ4n) is 4.41. The first kappa shape index (κ1) is 22.2. The molecule has 0 saturated carbocycles. The Hall–Kier alpha value is -3.02. The molecule has 0 radical (unpaired) electrons. The van der Waals surface area contributed by atoms with E-state index in [1.165, 1.54) is 5.56 Å². The number of likely N-dealkylation sites (tertiary alicyclic amines) is 1. The van der Waals surface area contributed by atoms with Crippen molar-refractivity contribution in [2.24, 2.45) is 0 Å². The average Bonchev–Trinajstić information content (AvgIpc) is 2.83. The van der Waals surface area contributed by atoms with Crippen LogP contribution in [0.2, 0.25) is 0 Å². The molecule has 5 nitrogen and oxygen atoms in total. The van der Waals surface area contributed by atoms with Crippen LogP contribution in [0.5, 0.6) is 0 Å². The Morgan fingerprint density at radius 2 is 1.69 bits per heavy atom. The minimum absolute atomic E-state index is 0.0416. The van der Waals surface area contributed by atoms with Crippen LogP contribution in [0.1, 0.15) is 41.3 Å². The number of amides is 1. The minimum atomic E-state index is -0.0596. The van der Waals surface area contributed by atoms with Crippen LogP contribution in [0.4, 0.5) is 5.82 Å². The monoisotopic (exact) mass is 429 g/mol. The number of aryl methyl sites for hydroxylation is 1. The van der Waals surface area contributed by atoms with E-state index >= 15 is 0 Å². The first-order valence-corrected chi connectivity index (χ1v) is 11.3. The van der Waals surface area contributed by atoms with E-state index in [0.29, 0.717) is 18.3 Å². The van der Waals surface area contributed by atoms with E-state index in [0.717, 1.165) is 42.8 Å².